The molecule has 0 aromatic heterocycles. The molecule has 0 bridgehead atoms. The Morgan fingerprint density at radius 3 is 2.21 bits per heavy atom. The van der Waals surface area contributed by atoms with E-state index in [9.17, 15) is 14.4 Å². The van der Waals surface area contributed by atoms with Crippen LogP contribution in [0.25, 0.3) is 6.08 Å². The fraction of sp³-hybridized carbons (Fsp3) is 0.500. The number of likely N-dealkylation sites (N-methyl/N-ethyl adjacent to an activating group) is 1. The van der Waals surface area contributed by atoms with Gasteiger partial charge in [0.2, 0.25) is 0 Å². The molecule has 38 heavy (non-hydrogen) atoms. The first-order valence-corrected chi connectivity index (χ1v) is 13.5. The first-order valence-electron chi connectivity index (χ1n) is 13.5. The summed E-state index contributed by atoms with van der Waals surface area (Å²) in [6.07, 6.45) is 5.12. The van der Waals surface area contributed by atoms with Crippen molar-refractivity contribution in [1.82, 2.24) is 10.6 Å². The van der Waals surface area contributed by atoms with Crippen LogP contribution in [0.4, 0.5) is 0 Å². The highest BCUT2D eigenvalue weighted by Crippen LogP contribution is 2.41. The van der Waals surface area contributed by atoms with Crippen LogP contribution in [0, 0.1) is 0 Å². The van der Waals surface area contributed by atoms with Crippen molar-refractivity contribution in [2.45, 2.75) is 66.2 Å². The first kappa shape index (κ1) is 30.8. The molecule has 0 radical (unpaired) electrons. The lowest BCUT2D eigenvalue weighted by Crippen LogP contribution is -2.36. The molecule has 0 amide bonds. The van der Waals surface area contributed by atoms with E-state index in [1.165, 1.54) is 0 Å². The highest BCUT2D eigenvalue weighted by atomic mass is 16.5. The fourth-order valence-electron chi connectivity index (χ4n) is 4.46. The Morgan fingerprint density at radius 2 is 1.61 bits per heavy atom. The summed E-state index contributed by atoms with van der Waals surface area (Å²) in [5.74, 6) is -2.16. The molecule has 0 fully saturated rings. The Kier molecular flexibility index (Phi) is 12.8. The van der Waals surface area contributed by atoms with Crippen molar-refractivity contribution in [3.63, 3.8) is 0 Å². The van der Waals surface area contributed by atoms with Crippen LogP contribution in [0.5, 0.6) is 0 Å². The number of rotatable bonds is 14. The summed E-state index contributed by atoms with van der Waals surface area (Å²) in [7, 11) is 1.78. The summed E-state index contributed by atoms with van der Waals surface area (Å²) in [6, 6.07) is 7.45. The van der Waals surface area contributed by atoms with Crippen LogP contribution >= 0.6 is 0 Å². The van der Waals surface area contributed by atoms with Crippen LogP contribution < -0.4 is 10.6 Å². The third-order valence-corrected chi connectivity index (χ3v) is 6.25. The van der Waals surface area contributed by atoms with Crippen LogP contribution in [0.2, 0.25) is 0 Å². The standard InChI is InChI=1S/C30H42N2O6/c1-7-11-14-17-38-28(33)21(8-2)18-22-15-12-13-16-23(22)26-25(29(34)36-9-3)20(5)32-24(19-31-6)27(26)30(35)37-10-4/h12-13,15-16,18,26,31-32H,7-11,14,17,19H2,1-6H3/b21-18+. The lowest BCUT2D eigenvalue weighted by atomic mass is 9.78. The average Bonchev–Trinajstić information content (AvgIpc) is 2.89. The van der Waals surface area contributed by atoms with Crippen LogP contribution in [0.1, 0.15) is 77.3 Å². The molecular weight excluding hydrogens is 484 g/mol. The Morgan fingerprint density at radius 1 is 0.947 bits per heavy atom. The largest absolute Gasteiger partial charge is 0.463 e. The van der Waals surface area contributed by atoms with Gasteiger partial charge >= 0.3 is 17.9 Å². The molecule has 0 saturated heterocycles. The zero-order valence-electron chi connectivity index (χ0n) is 23.6. The van der Waals surface area contributed by atoms with Crippen molar-refractivity contribution >= 4 is 24.0 Å². The molecule has 1 aliphatic heterocycles. The summed E-state index contributed by atoms with van der Waals surface area (Å²) in [5, 5.41) is 6.31. The predicted molar refractivity (Wildman–Crippen MR) is 148 cm³/mol. The Hall–Kier alpha value is -3.39. The predicted octanol–water partition coefficient (Wildman–Crippen LogP) is 4.77. The SMILES string of the molecule is CCCCCOC(=O)/C(=C/c1ccccc1C1C(C(=O)OCC)=C(C)NC(CNC)=C1C(=O)OCC)CC. The number of ether oxygens (including phenoxy) is 3. The minimum absolute atomic E-state index is 0.185. The normalized spacial score (nSPS) is 15.7. The Balaban J connectivity index is 2.71. The van der Waals surface area contributed by atoms with Gasteiger partial charge in [0.05, 0.1) is 36.9 Å². The number of nitrogens with one attached hydrogen (secondary N) is 2. The third kappa shape index (κ3) is 7.81. The van der Waals surface area contributed by atoms with Gasteiger partial charge in [-0.05, 0) is 57.9 Å². The second-order valence-electron chi connectivity index (χ2n) is 8.96. The second-order valence-corrected chi connectivity index (χ2v) is 8.96. The number of esters is 3. The molecule has 0 saturated carbocycles. The number of hydrogen-bond donors (Lipinski definition) is 2. The van der Waals surface area contributed by atoms with Gasteiger partial charge in [0.1, 0.15) is 0 Å². The molecule has 0 aliphatic carbocycles. The maximum absolute atomic E-state index is 13.4. The van der Waals surface area contributed by atoms with Crippen molar-refractivity contribution in [2.24, 2.45) is 0 Å². The summed E-state index contributed by atoms with van der Waals surface area (Å²) < 4.78 is 16.4. The number of dihydropyridines is 1. The van der Waals surface area contributed by atoms with Gasteiger partial charge in [-0.15, -0.1) is 0 Å². The summed E-state index contributed by atoms with van der Waals surface area (Å²) >= 11 is 0. The van der Waals surface area contributed by atoms with Crippen molar-refractivity contribution < 1.29 is 28.6 Å². The van der Waals surface area contributed by atoms with Crippen molar-refractivity contribution in [2.75, 3.05) is 33.4 Å². The van der Waals surface area contributed by atoms with Gasteiger partial charge in [-0.1, -0.05) is 51.0 Å². The van der Waals surface area contributed by atoms with E-state index in [0.717, 1.165) is 19.3 Å². The monoisotopic (exact) mass is 526 g/mol. The molecular formula is C30H42N2O6. The smallest absolute Gasteiger partial charge is 0.336 e. The van der Waals surface area contributed by atoms with Crippen molar-refractivity contribution in [1.29, 1.82) is 0 Å². The highest BCUT2D eigenvalue weighted by molar-refractivity contribution is 6.01. The Bertz CT molecular complexity index is 1090. The lowest BCUT2D eigenvalue weighted by Gasteiger charge is -2.32. The molecule has 1 aromatic rings. The summed E-state index contributed by atoms with van der Waals surface area (Å²) in [4.78, 5) is 39.5. The van der Waals surface area contributed by atoms with E-state index in [1.54, 1.807) is 33.9 Å². The number of benzene rings is 1. The topological polar surface area (TPSA) is 103 Å². The fourth-order valence-corrected chi connectivity index (χ4v) is 4.46. The molecule has 2 N–H and O–H groups in total. The van der Waals surface area contributed by atoms with Crippen LogP contribution in [-0.2, 0) is 28.6 Å². The molecule has 1 atom stereocenters. The van der Waals surface area contributed by atoms with Gasteiger partial charge in [-0.25, -0.2) is 14.4 Å². The zero-order chi connectivity index (χ0) is 28.1. The van der Waals surface area contributed by atoms with Crippen LogP contribution in [-0.4, -0.2) is 51.3 Å². The van der Waals surface area contributed by atoms with Gasteiger partial charge in [0, 0.05) is 23.5 Å². The number of carbonyl (C=O) groups is 3. The number of unbranched alkanes of at least 4 members (excludes halogenated alkanes) is 2. The maximum atomic E-state index is 13.4. The molecule has 1 heterocycles. The number of carbonyl (C=O) groups excluding carboxylic acids is 3. The van der Waals surface area contributed by atoms with Crippen molar-refractivity contribution in [3.05, 3.63) is 63.5 Å². The number of hydrogen-bond acceptors (Lipinski definition) is 8. The molecule has 8 heteroatoms. The Labute approximate surface area is 226 Å². The quantitative estimate of drug-likeness (QED) is 0.155. The molecule has 0 spiro atoms. The molecule has 1 aromatic carbocycles. The van der Waals surface area contributed by atoms with E-state index in [2.05, 4.69) is 17.6 Å². The molecule has 1 aliphatic rings. The molecule has 208 valence electrons. The lowest BCUT2D eigenvalue weighted by molar-refractivity contribution is -0.140. The van der Waals surface area contributed by atoms with Gasteiger partial charge in [-0.3, -0.25) is 0 Å². The first-order chi connectivity index (χ1) is 18.3. The second kappa shape index (κ2) is 15.8. The van der Waals surface area contributed by atoms with E-state index >= 15 is 0 Å². The average molecular weight is 527 g/mol. The highest BCUT2D eigenvalue weighted by Gasteiger charge is 2.39. The van der Waals surface area contributed by atoms with E-state index in [-0.39, 0.29) is 19.2 Å². The van der Waals surface area contributed by atoms with Crippen molar-refractivity contribution in [3.8, 4) is 0 Å². The van der Waals surface area contributed by atoms with E-state index in [4.69, 9.17) is 14.2 Å². The van der Waals surface area contributed by atoms with Crippen LogP contribution in [0.3, 0.4) is 0 Å². The minimum atomic E-state index is -0.760. The minimum Gasteiger partial charge on any atom is -0.463 e. The van der Waals surface area contributed by atoms with Crippen LogP contribution in [0.15, 0.2) is 52.4 Å². The van der Waals surface area contributed by atoms with Gasteiger partial charge in [0.15, 0.2) is 0 Å². The van der Waals surface area contributed by atoms with Gasteiger partial charge in [-0.2, -0.15) is 0 Å². The maximum Gasteiger partial charge on any atom is 0.336 e. The number of allylic oxidation sites excluding steroid dienone is 1. The zero-order valence-corrected chi connectivity index (χ0v) is 23.6. The summed E-state index contributed by atoms with van der Waals surface area (Å²) in [5.41, 5.74) is 3.78. The van der Waals surface area contributed by atoms with Gasteiger partial charge < -0.3 is 24.8 Å². The van der Waals surface area contributed by atoms with Gasteiger partial charge in [0.25, 0.3) is 0 Å². The van der Waals surface area contributed by atoms with E-state index in [0.29, 0.717) is 58.8 Å². The molecule has 2 rings (SSSR count). The molecule has 8 nitrogen and oxygen atoms in total. The van der Waals surface area contributed by atoms with E-state index in [1.807, 2.05) is 31.2 Å². The molecule has 1 unspecified atom stereocenters. The van der Waals surface area contributed by atoms with E-state index < -0.39 is 17.9 Å². The summed E-state index contributed by atoms with van der Waals surface area (Å²) in [6.45, 7) is 10.4. The third-order valence-electron chi connectivity index (χ3n) is 6.25.